The predicted molar refractivity (Wildman–Crippen MR) is 110 cm³/mol. The molecule has 3 rings (SSSR count). The Balaban J connectivity index is 1.78. The Morgan fingerprint density at radius 2 is 1.64 bits per heavy atom. The number of para-hydroxylation sites is 1. The molecule has 0 bridgehead atoms. The first kappa shape index (κ1) is 19.2. The van der Waals surface area contributed by atoms with Gasteiger partial charge in [-0.1, -0.05) is 18.2 Å². The number of carbonyl (C=O) groups is 1. The van der Waals surface area contributed by atoms with Crippen LogP contribution < -0.4 is 14.9 Å². The Labute approximate surface area is 164 Å². The first-order chi connectivity index (χ1) is 13.5. The number of nitrogens with zero attached hydrogens (tertiary/aromatic N) is 2. The van der Waals surface area contributed by atoms with E-state index in [1.807, 2.05) is 54.8 Å². The molecule has 0 saturated heterocycles. The molecule has 6 nitrogen and oxygen atoms in total. The quantitative estimate of drug-likeness (QED) is 0.524. The molecule has 28 heavy (non-hydrogen) atoms. The smallest absolute Gasteiger partial charge is 0.273 e. The van der Waals surface area contributed by atoms with Crippen LogP contribution in [0.3, 0.4) is 0 Å². The van der Waals surface area contributed by atoms with Crippen LogP contribution in [0.4, 0.5) is 0 Å². The number of aryl methyl sites for hydroxylation is 1. The number of hydrogen-bond acceptors (Lipinski definition) is 4. The van der Waals surface area contributed by atoms with Crippen LogP contribution in [0.25, 0.3) is 5.69 Å². The summed E-state index contributed by atoms with van der Waals surface area (Å²) in [6.45, 7) is 3.90. The summed E-state index contributed by atoms with van der Waals surface area (Å²) in [5, 5.41) is 4.08. The first-order valence-electron chi connectivity index (χ1n) is 8.84. The predicted octanol–water partition coefficient (Wildman–Crippen LogP) is 3.88. The van der Waals surface area contributed by atoms with Crippen molar-refractivity contribution in [2.75, 3.05) is 14.2 Å². The average molecular weight is 377 g/mol. The van der Waals surface area contributed by atoms with E-state index in [9.17, 15) is 4.79 Å². The van der Waals surface area contributed by atoms with E-state index in [0.717, 1.165) is 22.6 Å². The number of hydrazone groups is 1. The fraction of sp³-hybridized carbons (Fsp3) is 0.182. The van der Waals surface area contributed by atoms with Crippen molar-refractivity contribution in [2.45, 2.75) is 13.8 Å². The molecular weight excluding hydrogens is 354 g/mol. The van der Waals surface area contributed by atoms with Crippen LogP contribution in [-0.2, 0) is 0 Å². The van der Waals surface area contributed by atoms with Gasteiger partial charge in [-0.2, -0.15) is 5.10 Å². The molecule has 0 aliphatic rings. The largest absolute Gasteiger partial charge is 0.497 e. The molecule has 3 aromatic rings. The second kappa shape index (κ2) is 8.43. The zero-order valence-electron chi connectivity index (χ0n) is 16.4. The summed E-state index contributed by atoms with van der Waals surface area (Å²) in [6.07, 6.45) is 1.55. The molecule has 1 aromatic heterocycles. The number of benzene rings is 2. The van der Waals surface area contributed by atoms with Gasteiger partial charge < -0.3 is 14.0 Å². The van der Waals surface area contributed by atoms with E-state index in [1.54, 1.807) is 38.6 Å². The molecule has 0 spiro atoms. The number of hydrogen-bond donors (Lipinski definition) is 1. The standard InChI is InChI=1S/C22H23N3O3/c1-15-10-21(16(2)25(15)18-8-6-5-7-9-18)22(26)24-23-14-17-11-19(27-3)13-20(12-17)28-4/h5-14H,1-4H3,(H,24,26)/b23-14-. The Morgan fingerprint density at radius 3 is 2.25 bits per heavy atom. The topological polar surface area (TPSA) is 64.8 Å². The van der Waals surface area contributed by atoms with Gasteiger partial charge in [0.15, 0.2) is 0 Å². The molecule has 2 aromatic carbocycles. The molecule has 6 heteroatoms. The summed E-state index contributed by atoms with van der Waals surface area (Å²) < 4.78 is 12.5. The van der Waals surface area contributed by atoms with Crippen molar-refractivity contribution in [1.29, 1.82) is 0 Å². The maximum Gasteiger partial charge on any atom is 0.273 e. The molecule has 0 aliphatic carbocycles. The van der Waals surface area contributed by atoms with E-state index >= 15 is 0 Å². The van der Waals surface area contributed by atoms with Crippen molar-refractivity contribution in [2.24, 2.45) is 5.10 Å². The number of nitrogens with one attached hydrogen (secondary N) is 1. The number of ether oxygens (including phenoxy) is 2. The molecule has 0 atom stereocenters. The molecule has 0 saturated carbocycles. The number of methoxy groups -OCH3 is 2. The minimum atomic E-state index is -0.263. The fourth-order valence-corrected chi connectivity index (χ4v) is 3.10. The van der Waals surface area contributed by atoms with E-state index in [0.29, 0.717) is 17.1 Å². The fourth-order valence-electron chi connectivity index (χ4n) is 3.10. The lowest BCUT2D eigenvalue weighted by atomic mass is 10.2. The highest BCUT2D eigenvalue weighted by Gasteiger charge is 2.16. The van der Waals surface area contributed by atoms with Crippen molar-refractivity contribution in [3.8, 4) is 17.2 Å². The van der Waals surface area contributed by atoms with Gasteiger partial charge in [-0.3, -0.25) is 4.79 Å². The minimum absolute atomic E-state index is 0.263. The Morgan fingerprint density at radius 1 is 1.00 bits per heavy atom. The summed E-state index contributed by atoms with van der Waals surface area (Å²) in [7, 11) is 3.17. The van der Waals surface area contributed by atoms with Gasteiger partial charge in [0, 0.05) is 28.7 Å². The third kappa shape index (κ3) is 4.06. The third-order valence-electron chi connectivity index (χ3n) is 4.44. The van der Waals surface area contributed by atoms with Crippen LogP contribution >= 0.6 is 0 Å². The summed E-state index contributed by atoms with van der Waals surface area (Å²) in [4.78, 5) is 12.6. The zero-order chi connectivity index (χ0) is 20.1. The second-order valence-electron chi connectivity index (χ2n) is 6.30. The van der Waals surface area contributed by atoms with Gasteiger partial charge in [0.2, 0.25) is 0 Å². The van der Waals surface area contributed by atoms with Gasteiger partial charge in [-0.05, 0) is 44.2 Å². The molecule has 1 heterocycles. The zero-order valence-corrected chi connectivity index (χ0v) is 16.4. The van der Waals surface area contributed by atoms with Crippen LogP contribution in [0, 0.1) is 13.8 Å². The minimum Gasteiger partial charge on any atom is -0.497 e. The molecule has 1 N–H and O–H groups in total. The molecule has 0 radical (unpaired) electrons. The normalized spacial score (nSPS) is 10.9. The lowest BCUT2D eigenvalue weighted by Crippen LogP contribution is -2.18. The van der Waals surface area contributed by atoms with Gasteiger partial charge in [0.25, 0.3) is 5.91 Å². The summed E-state index contributed by atoms with van der Waals surface area (Å²) in [5.41, 5.74) is 6.79. The lowest BCUT2D eigenvalue weighted by molar-refractivity contribution is 0.0954. The van der Waals surface area contributed by atoms with Crippen LogP contribution in [-0.4, -0.2) is 30.9 Å². The number of amides is 1. The van der Waals surface area contributed by atoms with Gasteiger partial charge in [0.1, 0.15) is 11.5 Å². The molecule has 0 fully saturated rings. The van der Waals surface area contributed by atoms with Crippen LogP contribution in [0.15, 0.2) is 59.7 Å². The Bertz CT molecular complexity index is 985. The SMILES string of the molecule is COc1cc(/C=N\NC(=O)c2cc(C)n(-c3ccccc3)c2C)cc(OC)c1. The highest BCUT2D eigenvalue weighted by Crippen LogP contribution is 2.22. The lowest BCUT2D eigenvalue weighted by Gasteiger charge is -2.09. The first-order valence-corrected chi connectivity index (χ1v) is 8.84. The van der Waals surface area contributed by atoms with E-state index < -0.39 is 0 Å². The van der Waals surface area contributed by atoms with E-state index in [-0.39, 0.29) is 5.91 Å². The maximum absolute atomic E-state index is 12.6. The monoisotopic (exact) mass is 377 g/mol. The van der Waals surface area contributed by atoms with E-state index in [2.05, 4.69) is 10.5 Å². The van der Waals surface area contributed by atoms with Crippen molar-refractivity contribution in [3.05, 3.63) is 77.1 Å². The molecular formula is C22H23N3O3. The van der Waals surface area contributed by atoms with Gasteiger partial charge in [-0.15, -0.1) is 0 Å². The number of carbonyl (C=O) groups excluding carboxylic acids is 1. The van der Waals surface area contributed by atoms with E-state index in [4.69, 9.17) is 9.47 Å². The summed E-state index contributed by atoms with van der Waals surface area (Å²) in [6, 6.07) is 17.2. The van der Waals surface area contributed by atoms with Crippen LogP contribution in [0.2, 0.25) is 0 Å². The highest BCUT2D eigenvalue weighted by molar-refractivity contribution is 5.96. The highest BCUT2D eigenvalue weighted by atomic mass is 16.5. The van der Waals surface area contributed by atoms with Gasteiger partial charge in [0.05, 0.1) is 26.0 Å². The number of aromatic nitrogens is 1. The van der Waals surface area contributed by atoms with Crippen molar-refractivity contribution < 1.29 is 14.3 Å². The second-order valence-corrected chi connectivity index (χ2v) is 6.30. The average Bonchev–Trinajstić information content (AvgIpc) is 3.02. The Hall–Kier alpha value is -3.54. The number of rotatable bonds is 6. The Kier molecular flexibility index (Phi) is 5.79. The van der Waals surface area contributed by atoms with Gasteiger partial charge >= 0.3 is 0 Å². The summed E-state index contributed by atoms with van der Waals surface area (Å²) in [5.74, 6) is 1.04. The molecule has 144 valence electrons. The molecule has 0 unspecified atom stereocenters. The van der Waals surface area contributed by atoms with E-state index in [1.165, 1.54) is 0 Å². The van der Waals surface area contributed by atoms with Crippen molar-refractivity contribution in [1.82, 2.24) is 9.99 Å². The van der Waals surface area contributed by atoms with Crippen molar-refractivity contribution >= 4 is 12.1 Å². The third-order valence-corrected chi connectivity index (χ3v) is 4.44. The van der Waals surface area contributed by atoms with Crippen molar-refractivity contribution in [3.63, 3.8) is 0 Å². The van der Waals surface area contributed by atoms with Crippen LogP contribution in [0.1, 0.15) is 27.3 Å². The molecule has 1 amide bonds. The molecule has 0 aliphatic heterocycles. The van der Waals surface area contributed by atoms with Crippen LogP contribution in [0.5, 0.6) is 11.5 Å². The van der Waals surface area contributed by atoms with Gasteiger partial charge in [-0.25, -0.2) is 5.43 Å². The maximum atomic E-state index is 12.6. The summed E-state index contributed by atoms with van der Waals surface area (Å²) >= 11 is 0.